The normalized spacial score (nSPS) is 10.7. The highest BCUT2D eigenvalue weighted by Crippen LogP contribution is 2.22. The molecule has 4 nitrogen and oxygen atoms in total. The average molecular weight is 222 g/mol. The van der Waals surface area contributed by atoms with Gasteiger partial charge in [0.1, 0.15) is 5.82 Å². The molecule has 2 N–H and O–H groups in total. The molecule has 0 aliphatic carbocycles. The summed E-state index contributed by atoms with van der Waals surface area (Å²) < 4.78 is 13.1. The van der Waals surface area contributed by atoms with Crippen LogP contribution in [0.1, 0.15) is 16.1 Å². The number of aromatic nitrogens is 1. The Morgan fingerprint density at radius 1 is 1.50 bits per heavy atom. The number of hydrogen-bond acceptors (Lipinski definition) is 2. The van der Waals surface area contributed by atoms with Crippen LogP contribution in [0.5, 0.6) is 0 Å². The number of nitrogens with one attached hydrogen (secondary N) is 2. The van der Waals surface area contributed by atoms with Crippen LogP contribution in [0, 0.1) is 12.7 Å². The van der Waals surface area contributed by atoms with E-state index in [0.717, 1.165) is 5.52 Å². The monoisotopic (exact) mass is 222 g/mol. The van der Waals surface area contributed by atoms with Gasteiger partial charge in [0.05, 0.1) is 12.7 Å². The number of rotatable bonds is 2. The number of hydrogen-bond donors (Lipinski definition) is 2. The van der Waals surface area contributed by atoms with Crippen molar-refractivity contribution in [3.05, 3.63) is 35.3 Å². The van der Waals surface area contributed by atoms with Crippen LogP contribution in [-0.2, 0) is 4.84 Å². The van der Waals surface area contributed by atoms with Crippen LogP contribution in [0.3, 0.4) is 0 Å². The lowest BCUT2D eigenvalue weighted by Gasteiger charge is -2.01. The predicted octanol–water partition coefficient (Wildman–Crippen LogP) is 1.91. The number of carbonyl (C=O) groups excluding carboxylic acids is 1. The Kier molecular flexibility index (Phi) is 2.62. The second-order valence-corrected chi connectivity index (χ2v) is 3.45. The SMILES string of the molecule is CONC(=O)c1c(C)[nH]c2ccc(F)cc12. The van der Waals surface area contributed by atoms with Crippen LogP contribution < -0.4 is 5.48 Å². The summed E-state index contributed by atoms with van der Waals surface area (Å²) in [5.41, 5.74) is 4.02. The maximum absolute atomic E-state index is 13.1. The molecule has 0 fully saturated rings. The summed E-state index contributed by atoms with van der Waals surface area (Å²) in [5.74, 6) is -0.769. The molecule has 2 aromatic rings. The van der Waals surface area contributed by atoms with Gasteiger partial charge >= 0.3 is 0 Å². The number of fused-ring (bicyclic) bond motifs is 1. The zero-order valence-corrected chi connectivity index (χ0v) is 8.93. The smallest absolute Gasteiger partial charge is 0.277 e. The molecular weight excluding hydrogens is 211 g/mol. The minimum atomic E-state index is -0.392. The van der Waals surface area contributed by atoms with E-state index in [2.05, 4.69) is 15.3 Å². The minimum absolute atomic E-state index is 0.377. The summed E-state index contributed by atoms with van der Waals surface area (Å²) in [7, 11) is 1.35. The second-order valence-electron chi connectivity index (χ2n) is 3.45. The van der Waals surface area contributed by atoms with Crippen LogP contribution in [0.4, 0.5) is 4.39 Å². The maximum Gasteiger partial charge on any atom is 0.277 e. The van der Waals surface area contributed by atoms with E-state index in [0.29, 0.717) is 16.6 Å². The van der Waals surface area contributed by atoms with E-state index in [9.17, 15) is 9.18 Å². The average Bonchev–Trinajstić information content (AvgIpc) is 2.53. The Bertz CT molecular complexity index is 548. The molecule has 1 aromatic heterocycles. The van der Waals surface area contributed by atoms with E-state index < -0.39 is 5.91 Å². The Morgan fingerprint density at radius 2 is 2.25 bits per heavy atom. The van der Waals surface area contributed by atoms with Crippen LogP contribution >= 0.6 is 0 Å². The number of aryl methyl sites for hydroxylation is 1. The Hall–Kier alpha value is -1.88. The van der Waals surface area contributed by atoms with Crippen molar-refractivity contribution in [3.8, 4) is 0 Å². The Morgan fingerprint density at radius 3 is 2.94 bits per heavy atom. The van der Waals surface area contributed by atoms with Crippen molar-refractivity contribution in [2.75, 3.05) is 7.11 Å². The third-order valence-electron chi connectivity index (χ3n) is 2.37. The third kappa shape index (κ3) is 1.65. The highest BCUT2D eigenvalue weighted by molar-refractivity contribution is 6.07. The molecule has 1 heterocycles. The van der Waals surface area contributed by atoms with Crippen molar-refractivity contribution in [2.45, 2.75) is 6.92 Å². The summed E-state index contributed by atoms with van der Waals surface area (Å²) >= 11 is 0. The number of carbonyl (C=O) groups is 1. The third-order valence-corrected chi connectivity index (χ3v) is 2.37. The number of benzene rings is 1. The first-order valence-corrected chi connectivity index (χ1v) is 4.74. The Labute approximate surface area is 91.4 Å². The zero-order chi connectivity index (χ0) is 11.7. The lowest BCUT2D eigenvalue weighted by molar-refractivity contribution is 0.0539. The minimum Gasteiger partial charge on any atom is -0.358 e. The van der Waals surface area contributed by atoms with Gasteiger partial charge in [0, 0.05) is 16.6 Å². The molecule has 0 atom stereocenters. The first-order chi connectivity index (χ1) is 7.63. The molecule has 0 aliphatic rings. The van der Waals surface area contributed by atoms with Crippen molar-refractivity contribution in [2.24, 2.45) is 0 Å². The molecule has 1 amide bonds. The summed E-state index contributed by atoms with van der Waals surface area (Å²) in [6, 6.07) is 4.26. The quantitative estimate of drug-likeness (QED) is 0.762. The van der Waals surface area contributed by atoms with E-state index in [1.54, 1.807) is 13.0 Å². The van der Waals surface area contributed by atoms with Gasteiger partial charge < -0.3 is 4.98 Å². The second kappa shape index (κ2) is 3.94. The largest absolute Gasteiger partial charge is 0.358 e. The van der Waals surface area contributed by atoms with Gasteiger partial charge in [-0.15, -0.1) is 0 Å². The van der Waals surface area contributed by atoms with E-state index in [1.807, 2.05) is 0 Å². The predicted molar refractivity (Wildman–Crippen MR) is 57.5 cm³/mol. The molecule has 16 heavy (non-hydrogen) atoms. The fourth-order valence-corrected chi connectivity index (χ4v) is 1.74. The molecule has 0 radical (unpaired) electrons. The van der Waals surface area contributed by atoms with Gasteiger partial charge in [-0.2, -0.15) is 0 Å². The van der Waals surface area contributed by atoms with Crippen molar-refractivity contribution in [1.82, 2.24) is 10.5 Å². The summed E-state index contributed by atoms with van der Waals surface area (Å²) in [6.45, 7) is 1.75. The van der Waals surface area contributed by atoms with Gasteiger partial charge in [0.2, 0.25) is 0 Å². The van der Waals surface area contributed by atoms with E-state index >= 15 is 0 Å². The molecule has 0 saturated heterocycles. The topological polar surface area (TPSA) is 54.1 Å². The molecule has 0 spiro atoms. The fourth-order valence-electron chi connectivity index (χ4n) is 1.74. The number of aromatic amines is 1. The molecule has 1 aromatic carbocycles. The summed E-state index contributed by atoms with van der Waals surface area (Å²) in [4.78, 5) is 19.2. The first-order valence-electron chi connectivity index (χ1n) is 4.74. The van der Waals surface area contributed by atoms with E-state index in [1.165, 1.54) is 19.2 Å². The fraction of sp³-hybridized carbons (Fsp3) is 0.182. The van der Waals surface area contributed by atoms with Gasteiger partial charge in [-0.05, 0) is 25.1 Å². The molecule has 0 saturated carbocycles. The number of amides is 1. The molecule has 0 unspecified atom stereocenters. The van der Waals surface area contributed by atoms with Crippen LogP contribution in [-0.4, -0.2) is 18.0 Å². The standard InChI is InChI=1S/C11H11FN2O2/c1-6-10(11(15)14-16-2)8-5-7(12)3-4-9(8)13-6/h3-5,13H,1-2H3,(H,14,15). The highest BCUT2D eigenvalue weighted by atomic mass is 19.1. The highest BCUT2D eigenvalue weighted by Gasteiger charge is 2.16. The van der Waals surface area contributed by atoms with Gasteiger partial charge in [0.25, 0.3) is 5.91 Å². The zero-order valence-electron chi connectivity index (χ0n) is 8.93. The van der Waals surface area contributed by atoms with Crippen LogP contribution in [0.25, 0.3) is 10.9 Å². The van der Waals surface area contributed by atoms with Crippen molar-refractivity contribution >= 4 is 16.8 Å². The van der Waals surface area contributed by atoms with Crippen molar-refractivity contribution in [1.29, 1.82) is 0 Å². The lowest BCUT2D eigenvalue weighted by atomic mass is 10.1. The van der Waals surface area contributed by atoms with Crippen LogP contribution in [0.2, 0.25) is 0 Å². The first kappa shape index (κ1) is 10.6. The molecule has 0 aliphatic heterocycles. The Balaban J connectivity index is 2.62. The van der Waals surface area contributed by atoms with Gasteiger partial charge in [0.15, 0.2) is 0 Å². The van der Waals surface area contributed by atoms with Gasteiger partial charge in [-0.25, -0.2) is 9.87 Å². The van der Waals surface area contributed by atoms with Crippen LogP contribution in [0.15, 0.2) is 18.2 Å². The summed E-state index contributed by atoms with van der Waals surface area (Å²) in [6.07, 6.45) is 0. The molecule has 2 rings (SSSR count). The maximum atomic E-state index is 13.1. The van der Waals surface area contributed by atoms with Crippen molar-refractivity contribution in [3.63, 3.8) is 0 Å². The van der Waals surface area contributed by atoms with E-state index in [-0.39, 0.29) is 5.82 Å². The molecular formula is C11H11FN2O2. The van der Waals surface area contributed by atoms with Gasteiger partial charge in [-0.1, -0.05) is 0 Å². The van der Waals surface area contributed by atoms with E-state index in [4.69, 9.17) is 0 Å². The molecule has 5 heteroatoms. The van der Waals surface area contributed by atoms with Gasteiger partial charge in [-0.3, -0.25) is 9.63 Å². The molecule has 0 bridgehead atoms. The summed E-state index contributed by atoms with van der Waals surface area (Å²) in [5, 5.41) is 0.548. The lowest BCUT2D eigenvalue weighted by Crippen LogP contribution is -2.22. The number of hydroxylamine groups is 1. The number of H-pyrrole nitrogens is 1. The van der Waals surface area contributed by atoms with Crippen molar-refractivity contribution < 1.29 is 14.0 Å². The molecule has 84 valence electrons. The number of halogens is 1.